The number of carbonyl (C=O) groups excluding carboxylic acids is 2. The first kappa shape index (κ1) is 34.2. The molecule has 10 nitrogen and oxygen atoms in total. The zero-order valence-electron chi connectivity index (χ0n) is 26.7. The Morgan fingerprint density at radius 1 is 1.02 bits per heavy atom. The first-order chi connectivity index (χ1) is 20.9. The molecule has 2 aliphatic carbocycles. The highest BCUT2D eigenvalue weighted by Gasteiger charge is 2.43. The van der Waals surface area contributed by atoms with Gasteiger partial charge in [-0.1, -0.05) is 49.6 Å². The number of amides is 2. The molecule has 2 fully saturated rings. The molecule has 246 valence electrons. The highest BCUT2D eigenvalue weighted by atomic mass is 32.2. The molecule has 4 rings (SSSR count). The fourth-order valence-corrected chi connectivity index (χ4v) is 7.10. The second kappa shape index (κ2) is 15.1. The summed E-state index contributed by atoms with van der Waals surface area (Å²) in [6.07, 6.45) is 10.1. The van der Waals surface area contributed by atoms with Crippen molar-refractivity contribution in [2.45, 2.75) is 115 Å². The van der Waals surface area contributed by atoms with Crippen LogP contribution in [0.15, 0.2) is 42.2 Å². The number of nitrogens with one attached hydrogen (secondary N) is 1. The lowest BCUT2D eigenvalue weighted by molar-refractivity contribution is -0.132. The predicted octanol–water partition coefficient (Wildman–Crippen LogP) is 3.35. The molecule has 1 aromatic rings. The summed E-state index contributed by atoms with van der Waals surface area (Å²) in [6, 6.07) is 10.3. The Balaban J connectivity index is 1.48. The molecule has 0 saturated heterocycles. The van der Waals surface area contributed by atoms with Crippen molar-refractivity contribution in [3.63, 3.8) is 0 Å². The highest BCUT2D eigenvalue weighted by Crippen LogP contribution is 2.39. The van der Waals surface area contributed by atoms with E-state index in [9.17, 15) is 28.2 Å². The van der Waals surface area contributed by atoms with Crippen molar-refractivity contribution in [3.8, 4) is 0 Å². The number of nitrogens with zero attached hydrogens (tertiary/aromatic N) is 3. The molecule has 1 aliphatic heterocycles. The first-order valence-electron chi connectivity index (χ1n) is 16.2. The van der Waals surface area contributed by atoms with Crippen molar-refractivity contribution in [2.24, 2.45) is 5.92 Å². The normalized spacial score (nSPS) is 20.4. The summed E-state index contributed by atoms with van der Waals surface area (Å²) in [5.74, 6) is -0.383. The fourth-order valence-electron chi connectivity index (χ4n) is 6.05. The van der Waals surface area contributed by atoms with E-state index in [0.717, 1.165) is 35.5 Å². The van der Waals surface area contributed by atoms with Crippen LogP contribution >= 0.6 is 0 Å². The lowest BCUT2D eigenvalue weighted by Gasteiger charge is -2.37. The third-order valence-corrected chi connectivity index (χ3v) is 11.5. The average molecular weight is 633 g/mol. The molecule has 0 aromatic heterocycles. The lowest BCUT2D eigenvalue weighted by atomic mass is 9.89. The van der Waals surface area contributed by atoms with Crippen molar-refractivity contribution in [3.05, 3.63) is 47.8 Å². The summed E-state index contributed by atoms with van der Waals surface area (Å²) in [5, 5.41) is 22.8. The van der Waals surface area contributed by atoms with Crippen molar-refractivity contribution in [1.82, 2.24) is 20.0 Å². The first-order valence-corrected chi connectivity index (χ1v) is 17.9. The number of allylic oxidation sites excluding steroid dienone is 1. The number of aliphatic hydroxyl groups excluding tert-OH is 2. The van der Waals surface area contributed by atoms with Gasteiger partial charge in [-0.15, -0.1) is 0 Å². The van der Waals surface area contributed by atoms with E-state index >= 15 is 0 Å². The van der Waals surface area contributed by atoms with Gasteiger partial charge in [0.25, 0.3) is 0 Å². The Labute approximate surface area is 263 Å². The molecule has 2 saturated carbocycles. The summed E-state index contributed by atoms with van der Waals surface area (Å²) in [5.41, 5.74) is 2.08. The third kappa shape index (κ3) is 9.44. The van der Waals surface area contributed by atoms with Gasteiger partial charge in [-0.05, 0) is 70.8 Å². The van der Waals surface area contributed by atoms with E-state index < -0.39 is 39.1 Å². The van der Waals surface area contributed by atoms with E-state index in [-0.39, 0.29) is 31.2 Å². The average Bonchev–Trinajstić information content (AvgIpc) is 3.77. The third-order valence-electron chi connectivity index (χ3n) is 8.98. The molecule has 3 N–H and O–H groups in total. The van der Waals surface area contributed by atoms with Gasteiger partial charge in [0.05, 0.1) is 17.5 Å². The van der Waals surface area contributed by atoms with Gasteiger partial charge in [0.1, 0.15) is 5.88 Å². The molecule has 44 heavy (non-hydrogen) atoms. The number of benzene rings is 1. The quantitative estimate of drug-likeness (QED) is 0.269. The van der Waals surface area contributed by atoms with E-state index in [2.05, 4.69) is 21.3 Å². The van der Waals surface area contributed by atoms with Crippen LogP contribution in [0.25, 0.3) is 0 Å². The highest BCUT2D eigenvalue weighted by molar-refractivity contribution is 7.92. The Kier molecular flexibility index (Phi) is 11.8. The maximum Gasteiger partial charge on any atom is 0.223 e. The number of carbonyl (C=O) groups is 2. The van der Waals surface area contributed by atoms with E-state index in [4.69, 9.17) is 0 Å². The zero-order valence-corrected chi connectivity index (χ0v) is 27.5. The molecular weight excluding hydrogens is 580 g/mol. The smallest absolute Gasteiger partial charge is 0.223 e. The van der Waals surface area contributed by atoms with E-state index in [0.29, 0.717) is 25.2 Å². The second-order valence-electron chi connectivity index (χ2n) is 13.7. The van der Waals surface area contributed by atoms with Crippen LogP contribution < -0.4 is 5.32 Å². The van der Waals surface area contributed by atoms with Crippen LogP contribution in [0.4, 0.5) is 0 Å². The van der Waals surface area contributed by atoms with Gasteiger partial charge in [0.2, 0.25) is 11.8 Å². The molecule has 11 heteroatoms. The van der Waals surface area contributed by atoms with Crippen LogP contribution in [0.1, 0.15) is 90.5 Å². The van der Waals surface area contributed by atoms with Crippen molar-refractivity contribution in [2.75, 3.05) is 25.6 Å². The van der Waals surface area contributed by atoms with Crippen LogP contribution in [0, 0.1) is 5.92 Å². The Hall–Kier alpha value is -2.63. The van der Waals surface area contributed by atoms with Crippen LogP contribution in [-0.4, -0.2) is 93.9 Å². The number of rotatable bonds is 15. The van der Waals surface area contributed by atoms with Gasteiger partial charge in [0.15, 0.2) is 16.1 Å². The molecule has 0 bridgehead atoms. The summed E-state index contributed by atoms with van der Waals surface area (Å²) >= 11 is 0. The number of hydrogen-bond donors (Lipinski definition) is 3. The Morgan fingerprint density at radius 2 is 1.70 bits per heavy atom. The minimum atomic E-state index is -3.69. The van der Waals surface area contributed by atoms with Gasteiger partial charge >= 0.3 is 0 Å². The van der Waals surface area contributed by atoms with Gasteiger partial charge < -0.3 is 30.2 Å². The number of aliphatic hydroxyl groups is 2. The van der Waals surface area contributed by atoms with Crippen molar-refractivity contribution >= 4 is 21.7 Å². The number of hydrogen-bond acceptors (Lipinski definition) is 8. The fraction of sp³-hybridized carbons (Fsp3) is 0.697. The van der Waals surface area contributed by atoms with Gasteiger partial charge in [0, 0.05) is 43.9 Å². The number of sulfone groups is 1. The number of aryl methyl sites for hydroxylation is 1. The van der Waals surface area contributed by atoms with Crippen molar-refractivity contribution in [1.29, 1.82) is 0 Å². The molecule has 1 aromatic carbocycles. The molecular formula is C33H52N4O6S. The van der Waals surface area contributed by atoms with Crippen LogP contribution in [0.5, 0.6) is 0 Å². The summed E-state index contributed by atoms with van der Waals surface area (Å²) in [7, 11) is -3.69. The van der Waals surface area contributed by atoms with Crippen LogP contribution in [0.2, 0.25) is 0 Å². The standard InChI is InChI=1S/C33H52N4O6S/c1-33(2,3)44(42,43)24-36(22-29(39)23-38)31(41)19-17-28-21-35(20-26-12-8-5-9-13-26)32(37(28)27-15-16-27)34-30(40)18-14-25-10-6-4-7-11-25/h4,6-7,10-11,21,26-27,29,32,38-39H,5,8-9,12-20,22-24H2,1-3H3,(H,34,40)/t29?,32-/m1/s1. The molecule has 0 spiro atoms. The summed E-state index contributed by atoms with van der Waals surface area (Å²) in [6.45, 7) is 4.76. The van der Waals surface area contributed by atoms with Crippen LogP contribution in [-0.2, 0) is 25.8 Å². The maximum absolute atomic E-state index is 13.5. The monoisotopic (exact) mass is 632 g/mol. The topological polar surface area (TPSA) is 130 Å². The molecule has 0 radical (unpaired) electrons. The van der Waals surface area contributed by atoms with E-state index in [1.54, 1.807) is 20.8 Å². The molecule has 2 atom stereocenters. The lowest BCUT2D eigenvalue weighted by Crippen LogP contribution is -2.54. The minimum absolute atomic E-state index is 0.0135. The van der Waals surface area contributed by atoms with Crippen molar-refractivity contribution < 1.29 is 28.2 Å². The predicted molar refractivity (Wildman–Crippen MR) is 170 cm³/mol. The SMILES string of the molecule is CC(C)(C)S(=O)(=O)CN(CC(O)CO)C(=O)CCC1=CN(CC2CCCCC2)[C@@H](NC(=O)CCc2ccccc2)N1C1CC1. The molecule has 1 unspecified atom stereocenters. The summed E-state index contributed by atoms with van der Waals surface area (Å²) < 4.78 is 24.9. The second-order valence-corrected chi connectivity index (χ2v) is 16.4. The maximum atomic E-state index is 13.5. The largest absolute Gasteiger partial charge is 0.394 e. The molecule has 3 aliphatic rings. The Morgan fingerprint density at radius 3 is 2.32 bits per heavy atom. The zero-order chi connectivity index (χ0) is 31.9. The van der Waals surface area contributed by atoms with Gasteiger partial charge in [-0.25, -0.2) is 8.42 Å². The van der Waals surface area contributed by atoms with E-state index in [1.807, 2.05) is 30.3 Å². The van der Waals surface area contributed by atoms with Gasteiger partial charge in [-0.2, -0.15) is 0 Å². The summed E-state index contributed by atoms with van der Waals surface area (Å²) in [4.78, 5) is 32.4. The Bertz CT molecular complexity index is 1240. The minimum Gasteiger partial charge on any atom is -0.394 e. The van der Waals surface area contributed by atoms with Gasteiger partial charge in [-0.3, -0.25) is 9.59 Å². The molecule has 1 heterocycles. The van der Waals surface area contributed by atoms with Crippen LogP contribution in [0.3, 0.4) is 0 Å². The molecule has 2 amide bonds. The van der Waals surface area contributed by atoms with E-state index in [1.165, 1.54) is 32.1 Å².